The number of hydrogen-bond acceptors (Lipinski definition) is 2. The number of benzene rings is 1. The molecular weight excluding hydrogens is 248 g/mol. The molecule has 1 aromatic heterocycles. The van der Waals surface area contributed by atoms with Gasteiger partial charge in [0.1, 0.15) is 17.3 Å². The van der Waals surface area contributed by atoms with E-state index in [2.05, 4.69) is 5.10 Å². The first-order valence-corrected chi connectivity index (χ1v) is 6.37. The molecule has 1 aliphatic carbocycles. The molecular formula is C14H15F2N3. The zero-order valence-electron chi connectivity index (χ0n) is 10.6. The molecule has 3 rings (SSSR count). The minimum absolute atomic E-state index is 0.151. The van der Waals surface area contributed by atoms with Crippen LogP contribution in [0.15, 0.2) is 24.4 Å². The fourth-order valence-corrected chi connectivity index (χ4v) is 2.33. The van der Waals surface area contributed by atoms with Crippen molar-refractivity contribution in [3.05, 3.63) is 36.0 Å². The predicted molar refractivity (Wildman–Crippen MR) is 69.4 cm³/mol. The van der Waals surface area contributed by atoms with Crippen LogP contribution in [0.2, 0.25) is 0 Å². The van der Waals surface area contributed by atoms with E-state index in [0.29, 0.717) is 11.6 Å². The van der Waals surface area contributed by atoms with Gasteiger partial charge in [-0.25, -0.2) is 8.78 Å². The summed E-state index contributed by atoms with van der Waals surface area (Å²) >= 11 is 0. The number of hydrogen-bond donors (Lipinski definition) is 1. The van der Waals surface area contributed by atoms with Gasteiger partial charge in [-0.3, -0.25) is 4.68 Å². The molecule has 3 nitrogen and oxygen atoms in total. The van der Waals surface area contributed by atoms with Crippen LogP contribution in [0.25, 0.3) is 11.3 Å². The van der Waals surface area contributed by atoms with E-state index in [4.69, 9.17) is 5.73 Å². The Morgan fingerprint density at radius 1 is 1.32 bits per heavy atom. The summed E-state index contributed by atoms with van der Waals surface area (Å²) in [4.78, 5) is 0. The van der Waals surface area contributed by atoms with E-state index in [0.717, 1.165) is 0 Å². The van der Waals surface area contributed by atoms with Gasteiger partial charge >= 0.3 is 0 Å². The minimum atomic E-state index is -0.643. The summed E-state index contributed by atoms with van der Waals surface area (Å²) in [6.07, 6.45) is 4.00. The van der Waals surface area contributed by atoms with E-state index in [-0.39, 0.29) is 17.3 Å². The van der Waals surface area contributed by atoms with Crippen molar-refractivity contribution in [3.63, 3.8) is 0 Å². The lowest BCUT2D eigenvalue weighted by Crippen LogP contribution is -2.07. The van der Waals surface area contributed by atoms with Crippen molar-refractivity contribution in [1.82, 2.24) is 9.78 Å². The van der Waals surface area contributed by atoms with Crippen LogP contribution in [-0.4, -0.2) is 9.78 Å². The summed E-state index contributed by atoms with van der Waals surface area (Å²) in [5, 5.41) is 4.27. The first kappa shape index (κ1) is 12.1. The molecule has 1 aliphatic rings. The van der Waals surface area contributed by atoms with Crippen molar-refractivity contribution in [2.45, 2.75) is 25.8 Å². The van der Waals surface area contributed by atoms with Gasteiger partial charge in [0.25, 0.3) is 0 Å². The Labute approximate surface area is 110 Å². The number of aromatic nitrogens is 2. The fraction of sp³-hybridized carbons (Fsp3) is 0.357. The molecule has 2 aromatic rings. The number of nitrogens with zero attached hydrogens (tertiary/aromatic N) is 2. The standard InChI is InChI=1S/C14H15F2N3/c1-8(9-5-6-9)19-7-12(17)14(18-19)13-10(15)3-2-4-11(13)16/h2-4,7-9H,5-6,17H2,1H3. The second-order valence-corrected chi connectivity index (χ2v) is 5.09. The van der Waals surface area contributed by atoms with Gasteiger partial charge in [-0.15, -0.1) is 0 Å². The third-order valence-corrected chi connectivity index (χ3v) is 3.68. The molecule has 0 aliphatic heterocycles. The second-order valence-electron chi connectivity index (χ2n) is 5.09. The van der Waals surface area contributed by atoms with Crippen molar-refractivity contribution in [3.8, 4) is 11.3 Å². The molecule has 0 amide bonds. The van der Waals surface area contributed by atoms with Gasteiger partial charge in [-0.1, -0.05) is 6.07 Å². The van der Waals surface area contributed by atoms with E-state index < -0.39 is 11.6 Å². The largest absolute Gasteiger partial charge is 0.396 e. The van der Waals surface area contributed by atoms with Gasteiger partial charge in [0.2, 0.25) is 0 Å². The highest BCUT2D eigenvalue weighted by Crippen LogP contribution is 2.40. The van der Waals surface area contributed by atoms with Crippen LogP contribution in [0.3, 0.4) is 0 Å². The summed E-state index contributed by atoms with van der Waals surface area (Å²) < 4.78 is 29.2. The van der Waals surface area contributed by atoms with Crippen LogP contribution < -0.4 is 5.73 Å². The summed E-state index contributed by atoms with van der Waals surface area (Å²) in [5.41, 5.74) is 6.19. The lowest BCUT2D eigenvalue weighted by atomic mass is 10.1. The molecule has 5 heteroatoms. The second kappa shape index (κ2) is 4.33. The number of nitrogen functional groups attached to an aromatic ring is 1. The van der Waals surface area contributed by atoms with Crippen molar-refractivity contribution in [1.29, 1.82) is 0 Å². The van der Waals surface area contributed by atoms with Crippen LogP contribution in [0.1, 0.15) is 25.8 Å². The maximum absolute atomic E-state index is 13.8. The SMILES string of the molecule is CC(C1CC1)n1cc(N)c(-c2c(F)cccc2F)n1. The first-order valence-electron chi connectivity index (χ1n) is 6.37. The Morgan fingerprint density at radius 3 is 2.53 bits per heavy atom. The summed E-state index contributed by atoms with van der Waals surface area (Å²) in [5.74, 6) is -0.690. The van der Waals surface area contributed by atoms with Gasteiger partial charge < -0.3 is 5.73 Å². The molecule has 100 valence electrons. The maximum Gasteiger partial charge on any atom is 0.135 e. The topological polar surface area (TPSA) is 43.8 Å². The Kier molecular flexibility index (Phi) is 2.77. The van der Waals surface area contributed by atoms with Gasteiger partial charge in [0.05, 0.1) is 17.3 Å². The zero-order chi connectivity index (χ0) is 13.6. The highest BCUT2D eigenvalue weighted by molar-refractivity contribution is 5.72. The summed E-state index contributed by atoms with van der Waals surface area (Å²) in [6, 6.07) is 3.96. The van der Waals surface area contributed by atoms with Crippen molar-refractivity contribution in [2.75, 3.05) is 5.73 Å². The molecule has 1 unspecified atom stereocenters. The highest BCUT2D eigenvalue weighted by atomic mass is 19.1. The Bertz CT molecular complexity index is 597. The van der Waals surface area contributed by atoms with Crippen LogP contribution >= 0.6 is 0 Å². The maximum atomic E-state index is 13.8. The van der Waals surface area contributed by atoms with Crippen LogP contribution in [0, 0.1) is 17.6 Å². The van der Waals surface area contributed by atoms with Crippen molar-refractivity contribution < 1.29 is 8.78 Å². The molecule has 2 N–H and O–H groups in total. The van der Waals surface area contributed by atoms with Gasteiger partial charge in [0, 0.05) is 6.20 Å². The molecule has 0 spiro atoms. The van der Waals surface area contributed by atoms with E-state index in [1.807, 2.05) is 6.92 Å². The lowest BCUT2D eigenvalue weighted by Gasteiger charge is -2.09. The third-order valence-electron chi connectivity index (χ3n) is 3.68. The van der Waals surface area contributed by atoms with Gasteiger partial charge in [-0.2, -0.15) is 5.10 Å². The fourth-order valence-electron chi connectivity index (χ4n) is 2.33. The number of anilines is 1. The molecule has 1 fully saturated rings. The Hall–Kier alpha value is -1.91. The van der Waals surface area contributed by atoms with Crippen LogP contribution in [-0.2, 0) is 0 Å². The quantitative estimate of drug-likeness (QED) is 0.922. The van der Waals surface area contributed by atoms with Crippen LogP contribution in [0.4, 0.5) is 14.5 Å². The van der Waals surface area contributed by atoms with Crippen molar-refractivity contribution >= 4 is 5.69 Å². The highest BCUT2D eigenvalue weighted by Gasteiger charge is 2.30. The molecule has 1 saturated carbocycles. The smallest absolute Gasteiger partial charge is 0.135 e. The number of rotatable bonds is 3. The number of halogens is 2. The normalized spacial score (nSPS) is 16.6. The Balaban J connectivity index is 2.05. The predicted octanol–water partition coefficient (Wildman–Crippen LogP) is 3.38. The average molecular weight is 263 g/mol. The summed E-state index contributed by atoms with van der Waals surface area (Å²) in [7, 11) is 0. The number of nitrogens with two attached hydrogens (primary N) is 1. The van der Waals surface area contributed by atoms with E-state index in [9.17, 15) is 8.78 Å². The molecule has 0 saturated heterocycles. The molecule has 1 atom stereocenters. The average Bonchev–Trinajstić information content (AvgIpc) is 3.14. The Morgan fingerprint density at radius 2 is 1.95 bits per heavy atom. The van der Waals surface area contributed by atoms with Crippen LogP contribution in [0.5, 0.6) is 0 Å². The van der Waals surface area contributed by atoms with E-state index in [1.54, 1.807) is 10.9 Å². The molecule has 19 heavy (non-hydrogen) atoms. The molecule has 0 bridgehead atoms. The molecule has 1 heterocycles. The van der Waals surface area contributed by atoms with Crippen molar-refractivity contribution in [2.24, 2.45) is 5.92 Å². The monoisotopic (exact) mass is 263 g/mol. The molecule has 1 aromatic carbocycles. The third kappa shape index (κ3) is 2.09. The summed E-state index contributed by atoms with van der Waals surface area (Å²) in [6.45, 7) is 2.05. The zero-order valence-corrected chi connectivity index (χ0v) is 10.6. The van der Waals surface area contributed by atoms with E-state index >= 15 is 0 Å². The van der Waals surface area contributed by atoms with Gasteiger partial charge in [0.15, 0.2) is 0 Å². The minimum Gasteiger partial charge on any atom is -0.396 e. The van der Waals surface area contributed by atoms with E-state index in [1.165, 1.54) is 31.0 Å². The lowest BCUT2D eigenvalue weighted by molar-refractivity contribution is 0.441. The molecule has 0 radical (unpaired) electrons. The first-order chi connectivity index (χ1) is 9.08. The van der Waals surface area contributed by atoms with Gasteiger partial charge in [-0.05, 0) is 37.8 Å².